The summed E-state index contributed by atoms with van der Waals surface area (Å²) < 4.78 is 0. The van der Waals surface area contributed by atoms with Crippen LogP contribution < -0.4 is 5.32 Å². The maximum absolute atomic E-state index is 9.10. The first-order valence-corrected chi connectivity index (χ1v) is 8.20. The van der Waals surface area contributed by atoms with Crippen molar-refractivity contribution in [2.24, 2.45) is 4.99 Å². The summed E-state index contributed by atoms with van der Waals surface area (Å²) in [5, 5.41) is 19.1. The Morgan fingerprint density at radius 2 is 1.68 bits per heavy atom. The number of nitrogens with zero attached hydrogens (tertiary/aromatic N) is 3. The zero-order chi connectivity index (χ0) is 18.4. The molecule has 0 bridgehead atoms. The van der Waals surface area contributed by atoms with Gasteiger partial charge in [0.05, 0.1) is 12.6 Å². The average molecular weight is 369 g/mol. The number of halogens is 1. The normalized spacial score (nSPS) is 20.2. The van der Waals surface area contributed by atoms with Crippen LogP contribution in [0.25, 0.3) is 0 Å². The van der Waals surface area contributed by atoms with Crippen LogP contribution in [0, 0.1) is 0 Å². The van der Waals surface area contributed by atoms with Crippen LogP contribution in [0.4, 0.5) is 0 Å². The van der Waals surface area contributed by atoms with E-state index in [2.05, 4.69) is 39.3 Å². The van der Waals surface area contributed by atoms with Crippen LogP contribution in [0.15, 0.2) is 29.3 Å². The Morgan fingerprint density at radius 3 is 2.20 bits per heavy atom. The van der Waals surface area contributed by atoms with E-state index in [1.165, 1.54) is 5.56 Å². The fourth-order valence-electron chi connectivity index (χ4n) is 2.52. The predicted molar refractivity (Wildman–Crippen MR) is 94.0 cm³/mol. The van der Waals surface area contributed by atoms with E-state index in [1.54, 1.807) is 0 Å². The smallest absolute Gasteiger partial charge is 0.414 e. The standard InChI is InChI=1S/C14H19ClN4.C2H2O4/c1-18-6-8-19(9-7-18)14-16-10-13(17-14)11-2-4-12(15)5-3-11;3-1(4)2(5)6/h2-5,13H,6-10H2,1H3,(H,16,17);(H,3,4)(H,5,6). The second-order valence-corrected chi connectivity index (χ2v) is 6.25. The maximum Gasteiger partial charge on any atom is 0.414 e. The van der Waals surface area contributed by atoms with Gasteiger partial charge < -0.3 is 25.3 Å². The highest BCUT2D eigenvalue weighted by Gasteiger charge is 2.25. The number of guanidine groups is 1. The average Bonchev–Trinajstić information content (AvgIpc) is 3.06. The highest BCUT2D eigenvalue weighted by molar-refractivity contribution is 6.30. The first kappa shape index (κ1) is 19.0. The Bertz CT molecular complexity index is 630. The minimum absolute atomic E-state index is 0.284. The van der Waals surface area contributed by atoms with Crippen LogP contribution in [0.5, 0.6) is 0 Å². The molecular formula is C16H21ClN4O4. The number of piperazine rings is 1. The number of aliphatic imine (C=N–C) groups is 1. The minimum Gasteiger partial charge on any atom is -0.473 e. The maximum atomic E-state index is 9.10. The summed E-state index contributed by atoms with van der Waals surface area (Å²) in [6.45, 7) is 5.12. The highest BCUT2D eigenvalue weighted by atomic mass is 35.5. The second-order valence-electron chi connectivity index (χ2n) is 5.81. The van der Waals surface area contributed by atoms with Crippen LogP contribution >= 0.6 is 11.6 Å². The van der Waals surface area contributed by atoms with Crippen molar-refractivity contribution in [1.29, 1.82) is 0 Å². The molecule has 3 N–H and O–H groups in total. The van der Waals surface area contributed by atoms with E-state index < -0.39 is 11.9 Å². The lowest BCUT2D eigenvalue weighted by Crippen LogP contribution is -2.50. The number of hydrogen-bond acceptors (Lipinski definition) is 6. The van der Waals surface area contributed by atoms with E-state index in [0.29, 0.717) is 0 Å². The van der Waals surface area contributed by atoms with Crippen molar-refractivity contribution in [3.8, 4) is 0 Å². The molecule has 136 valence electrons. The lowest BCUT2D eigenvalue weighted by molar-refractivity contribution is -0.159. The van der Waals surface area contributed by atoms with Gasteiger partial charge in [-0.1, -0.05) is 23.7 Å². The Labute approximate surface area is 150 Å². The molecule has 1 saturated heterocycles. The summed E-state index contributed by atoms with van der Waals surface area (Å²) >= 11 is 5.92. The molecule has 2 aliphatic rings. The molecule has 1 unspecified atom stereocenters. The van der Waals surface area contributed by atoms with Gasteiger partial charge in [0.25, 0.3) is 0 Å². The Balaban J connectivity index is 0.000000326. The van der Waals surface area contributed by atoms with Gasteiger partial charge in [-0.25, -0.2) is 9.59 Å². The molecule has 8 nitrogen and oxygen atoms in total. The number of rotatable bonds is 1. The number of nitrogens with one attached hydrogen (secondary N) is 1. The lowest BCUT2D eigenvalue weighted by Gasteiger charge is -2.33. The third-order valence-electron chi connectivity index (χ3n) is 3.99. The van der Waals surface area contributed by atoms with Crippen LogP contribution in [-0.2, 0) is 9.59 Å². The third-order valence-corrected chi connectivity index (χ3v) is 4.24. The fourth-order valence-corrected chi connectivity index (χ4v) is 2.64. The monoisotopic (exact) mass is 368 g/mol. The predicted octanol–water partition coefficient (Wildman–Crippen LogP) is 0.743. The van der Waals surface area contributed by atoms with Gasteiger partial charge in [0.15, 0.2) is 5.96 Å². The zero-order valence-electron chi connectivity index (χ0n) is 13.9. The summed E-state index contributed by atoms with van der Waals surface area (Å²) in [6.07, 6.45) is 0. The second kappa shape index (κ2) is 8.68. The van der Waals surface area contributed by atoms with Crippen molar-refractivity contribution in [2.45, 2.75) is 6.04 Å². The summed E-state index contributed by atoms with van der Waals surface area (Å²) in [7, 11) is 2.16. The number of benzene rings is 1. The van der Waals surface area contributed by atoms with E-state index in [0.717, 1.165) is 43.7 Å². The highest BCUT2D eigenvalue weighted by Crippen LogP contribution is 2.20. The molecule has 0 amide bonds. The number of hydrogen-bond donors (Lipinski definition) is 3. The van der Waals surface area contributed by atoms with E-state index in [9.17, 15) is 0 Å². The van der Waals surface area contributed by atoms with Crippen LogP contribution in [-0.4, -0.2) is 77.7 Å². The van der Waals surface area contributed by atoms with E-state index in [-0.39, 0.29) is 6.04 Å². The number of carboxylic acids is 2. The Kier molecular flexibility index (Phi) is 6.60. The van der Waals surface area contributed by atoms with Crippen LogP contribution in [0.3, 0.4) is 0 Å². The number of carbonyl (C=O) groups is 2. The topological polar surface area (TPSA) is 105 Å². The molecule has 0 saturated carbocycles. The van der Waals surface area contributed by atoms with Crippen molar-refractivity contribution in [1.82, 2.24) is 15.1 Å². The molecule has 0 spiro atoms. The van der Waals surface area contributed by atoms with Gasteiger partial charge in [0.1, 0.15) is 0 Å². The molecule has 0 aliphatic carbocycles. The molecule has 2 aliphatic heterocycles. The summed E-state index contributed by atoms with van der Waals surface area (Å²) in [4.78, 5) is 27.5. The van der Waals surface area contributed by atoms with Crippen molar-refractivity contribution >= 4 is 29.5 Å². The van der Waals surface area contributed by atoms with E-state index in [1.807, 2.05) is 12.1 Å². The zero-order valence-corrected chi connectivity index (χ0v) is 14.6. The summed E-state index contributed by atoms with van der Waals surface area (Å²) in [6, 6.07) is 8.30. The first-order valence-electron chi connectivity index (χ1n) is 7.83. The Morgan fingerprint density at radius 1 is 1.12 bits per heavy atom. The third kappa shape index (κ3) is 5.61. The molecule has 25 heavy (non-hydrogen) atoms. The van der Waals surface area contributed by atoms with Crippen molar-refractivity contribution in [3.63, 3.8) is 0 Å². The van der Waals surface area contributed by atoms with Crippen molar-refractivity contribution < 1.29 is 19.8 Å². The molecule has 1 atom stereocenters. The molecule has 9 heteroatoms. The molecular weight excluding hydrogens is 348 g/mol. The number of carboxylic acid groups (broad SMARTS) is 2. The molecule has 0 aromatic heterocycles. The van der Waals surface area contributed by atoms with Gasteiger partial charge >= 0.3 is 11.9 Å². The molecule has 3 rings (SSSR count). The molecule has 1 aromatic carbocycles. The van der Waals surface area contributed by atoms with Crippen molar-refractivity contribution in [3.05, 3.63) is 34.9 Å². The number of aliphatic carboxylic acids is 2. The van der Waals surface area contributed by atoms with Gasteiger partial charge in [0, 0.05) is 31.2 Å². The minimum atomic E-state index is -1.82. The molecule has 1 fully saturated rings. The fraction of sp³-hybridized carbons (Fsp3) is 0.438. The van der Waals surface area contributed by atoms with Gasteiger partial charge in [-0.15, -0.1) is 0 Å². The summed E-state index contributed by atoms with van der Waals surface area (Å²) in [5.41, 5.74) is 1.25. The summed E-state index contributed by atoms with van der Waals surface area (Å²) in [5.74, 6) is -2.60. The van der Waals surface area contributed by atoms with Gasteiger partial charge in [-0.3, -0.25) is 4.99 Å². The van der Waals surface area contributed by atoms with Crippen molar-refractivity contribution in [2.75, 3.05) is 39.8 Å². The van der Waals surface area contributed by atoms with E-state index >= 15 is 0 Å². The first-order chi connectivity index (χ1) is 11.9. The molecule has 2 heterocycles. The van der Waals surface area contributed by atoms with Crippen LogP contribution in [0.2, 0.25) is 5.02 Å². The van der Waals surface area contributed by atoms with Gasteiger partial charge in [-0.2, -0.15) is 0 Å². The Hall–Kier alpha value is -2.32. The molecule has 0 radical (unpaired) electrons. The van der Waals surface area contributed by atoms with Crippen LogP contribution in [0.1, 0.15) is 11.6 Å². The van der Waals surface area contributed by atoms with E-state index in [4.69, 9.17) is 31.4 Å². The van der Waals surface area contributed by atoms with Gasteiger partial charge in [0.2, 0.25) is 0 Å². The SMILES string of the molecule is CN1CCN(C2=NCC(c3ccc(Cl)cc3)N2)CC1.O=C(O)C(=O)O. The number of likely N-dealkylation sites (N-methyl/N-ethyl adjacent to an activating group) is 1. The lowest BCUT2D eigenvalue weighted by atomic mass is 10.1. The largest absolute Gasteiger partial charge is 0.473 e. The van der Waals surface area contributed by atoms with Gasteiger partial charge in [-0.05, 0) is 24.7 Å². The quantitative estimate of drug-likeness (QED) is 0.628. The molecule has 1 aromatic rings.